The number of halogens is 1. The van der Waals surface area contributed by atoms with Gasteiger partial charge in [0.25, 0.3) is 0 Å². The maximum Gasteiger partial charge on any atom is 0.0723 e. The first-order valence-corrected chi connectivity index (χ1v) is 8.33. The minimum Gasteiger partial charge on any atom is -0.375 e. The van der Waals surface area contributed by atoms with Gasteiger partial charge < -0.3 is 15.0 Å². The fourth-order valence-corrected chi connectivity index (χ4v) is 3.17. The smallest absolute Gasteiger partial charge is 0.0723 e. The van der Waals surface area contributed by atoms with E-state index in [0.717, 1.165) is 30.2 Å². The summed E-state index contributed by atoms with van der Waals surface area (Å²) < 4.78 is 6.90. The lowest BCUT2D eigenvalue weighted by molar-refractivity contribution is 0.0343. The molecule has 20 heavy (non-hydrogen) atoms. The van der Waals surface area contributed by atoms with E-state index in [4.69, 9.17) is 4.74 Å². The Morgan fingerprint density at radius 2 is 2.15 bits per heavy atom. The number of nitrogens with one attached hydrogen (secondary N) is 1. The fourth-order valence-electron chi connectivity index (χ4n) is 2.76. The lowest BCUT2D eigenvalue weighted by Gasteiger charge is -2.39. The highest BCUT2D eigenvalue weighted by molar-refractivity contribution is 9.10. The molecule has 1 aliphatic carbocycles. The summed E-state index contributed by atoms with van der Waals surface area (Å²) in [6, 6.07) is 7.80. The summed E-state index contributed by atoms with van der Waals surface area (Å²) in [5.41, 5.74) is 2.73. The number of nitrogens with zero attached hydrogens (tertiary/aromatic N) is 1. The van der Waals surface area contributed by atoms with Gasteiger partial charge in [-0.1, -0.05) is 15.9 Å². The molecule has 1 saturated carbocycles. The van der Waals surface area contributed by atoms with Crippen LogP contribution in [-0.2, 0) is 11.3 Å². The third-order valence-corrected chi connectivity index (χ3v) is 4.61. The summed E-state index contributed by atoms with van der Waals surface area (Å²) in [5.74, 6) is 0. The Hall–Kier alpha value is -0.580. The molecule has 1 saturated heterocycles. The Balaban J connectivity index is 1.82. The molecular weight excluding hydrogens is 316 g/mol. The Morgan fingerprint density at radius 1 is 1.35 bits per heavy atom. The van der Waals surface area contributed by atoms with Crippen LogP contribution < -0.4 is 10.2 Å². The molecule has 3 nitrogen and oxygen atoms in total. The summed E-state index contributed by atoms with van der Waals surface area (Å²) >= 11 is 3.60. The van der Waals surface area contributed by atoms with Crippen LogP contribution in [0.25, 0.3) is 0 Å². The molecule has 2 atom stereocenters. The molecule has 0 bridgehead atoms. The van der Waals surface area contributed by atoms with Crippen LogP contribution in [0.15, 0.2) is 22.7 Å². The first-order valence-electron chi connectivity index (χ1n) is 7.53. The van der Waals surface area contributed by atoms with Crippen LogP contribution in [0.1, 0.15) is 32.3 Å². The van der Waals surface area contributed by atoms with Gasteiger partial charge in [0.15, 0.2) is 0 Å². The lowest BCUT2D eigenvalue weighted by Crippen LogP contribution is -2.47. The van der Waals surface area contributed by atoms with Crippen LogP contribution in [0.5, 0.6) is 0 Å². The molecule has 0 radical (unpaired) electrons. The summed E-state index contributed by atoms with van der Waals surface area (Å²) in [6.07, 6.45) is 2.96. The lowest BCUT2D eigenvalue weighted by atomic mass is 10.1. The van der Waals surface area contributed by atoms with Gasteiger partial charge in [0.05, 0.1) is 12.7 Å². The molecule has 2 aliphatic rings. The van der Waals surface area contributed by atoms with E-state index >= 15 is 0 Å². The maximum absolute atomic E-state index is 5.75. The SMILES string of the molecule is CC1CN(c2ccc(Br)cc2CNC2CC2)C(C)CO1. The molecule has 0 aromatic heterocycles. The van der Waals surface area contributed by atoms with Crippen molar-refractivity contribution in [2.45, 2.75) is 51.4 Å². The van der Waals surface area contributed by atoms with Gasteiger partial charge in [-0.15, -0.1) is 0 Å². The van der Waals surface area contributed by atoms with Gasteiger partial charge in [-0.2, -0.15) is 0 Å². The monoisotopic (exact) mass is 338 g/mol. The predicted molar refractivity (Wildman–Crippen MR) is 86.2 cm³/mol. The van der Waals surface area contributed by atoms with Crippen molar-refractivity contribution in [2.75, 3.05) is 18.1 Å². The minimum atomic E-state index is 0.305. The van der Waals surface area contributed by atoms with Crippen LogP contribution in [0.2, 0.25) is 0 Å². The largest absolute Gasteiger partial charge is 0.375 e. The summed E-state index contributed by atoms with van der Waals surface area (Å²) in [5, 5.41) is 3.63. The number of morpholine rings is 1. The van der Waals surface area contributed by atoms with Gasteiger partial charge >= 0.3 is 0 Å². The van der Waals surface area contributed by atoms with E-state index in [1.807, 2.05) is 0 Å². The molecule has 0 spiro atoms. The molecule has 1 aromatic carbocycles. The van der Waals surface area contributed by atoms with Gasteiger partial charge in [-0.05, 0) is 50.5 Å². The van der Waals surface area contributed by atoms with E-state index in [9.17, 15) is 0 Å². The Labute approximate surface area is 129 Å². The summed E-state index contributed by atoms with van der Waals surface area (Å²) in [4.78, 5) is 2.49. The molecule has 110 valence electrons. The topological polar surface area (TPSA) is 24.5 Å². The fraction of sp³-hybridized carbons (Fsp3) is 0.625. The highest BCUT2D eigenvalue weighted by Crippen LogP contribution is 2.29. The van der Waals surface area contributed by atoms with Crippen molar-refractivity contribution in [3.05, 3.63) is 28.2 Å². The van der Waals surface area contributed by atoms with E-state index in [1.165, 1.54) is 24.1 Å². The molecule has 3 rings (SSSR count). The van der Waals surface area contributed by atoms with Gasteiger partial charge in [0.1, 0.15) is 0 Å². The van der Waals surface area contributed by atoms with Crippen molar-refractivity contribution >= 4 is 21.6 Å². The summed E-state index contributed by atoms with van der Waals surface area (Å²) in [7, 11) is 0. The van der Waals surface area contributed by atoms with Crippen molar-refractivity contribution in [3.63, 3.8) is 0 Å². The van der Waals surface area contributed by atoms with Crippen molar-refractivity contribution in [3.8, 4) is 0 Å². The molecule has 2 fully saturated rings. The van der Waals surface area contributed by atoms with Crippen LogP contribution in [0, 0.1) is 0 Å². The van der Waals surface area contributed by atoms with Crippen molar-refractivity contribution in [1.29, 1.82) is 0 Å². The molecule has 4 heteroatoms. The van der Waals surface area contributed by atoms with Crippen LogP contribution in [0.3, 0.4) is 0 Å². The van der Waals surface area contributed by atoms with E-state index in [2.05, 4.69) is 58.2 Å². The Morgan fingerprint density at radius 3 is 2.90 bits per heavy atom. The van der Waals surface area contributed by atoms with Crippen molar-refractivity contribution in [2.24, 2.45) is 0 Å². The number of anilines is 1. The van der Waals surface area contributed by atoms with E-state index in [-0.39, 0.29) is 0 Å². The summed E-state index contributed by atoms with van der Waals surface area (Å²) in [6.45, 7) is 7.13. The quantitative estimate of drug-likeness (QED) is 0.911. The molecular formula is C16H23BrN2O. The van der Waals surface area contributed by atoms with Gasteiger partial charge in [-0.25, -0.2) is 0 Å². The first-order chi connectivity index (χ1) is 9.63. The van der Waals surface area contributed by atoms with Gasteiger partial charge in [-0.3, -0.25) is 0 Å². The molecule has 2 unspecified atom stereocenters. The zero-order chi connectivity index (χ0) is 14.1. The molecule has 1 N–H and O–H groups in total. The number of rotatable bonds is 4. The van der Waals surface area contributed by atoms with Crippen LogP contribution in [-0.4, -0.2) is 31.3 Å². The molecule has 1 aromatic rings. The first kappa shape index (κ1) is 14.4. The Bertz CT molecular complexity index is 476. The molecule has 1 aliphatic heterocycles. The second kappa shape index (κ2) is 6.04. The zero-order valence-corrected chi connectivity index (χ0v) is 13.8. The highest BCUT2D eigenvalue weighted by atomic mass is 79.9. The van der Waals surface area contributed by atoms with E-state index in [0.29, 0.717) is 12.1 Å². The number of hydrogen-bond donors (Lipinski definition) is 1. The second-order valence-electron chi connectivity index (χ2n) is 6.07. The van der Waals surface area contributed by atoms with E-state index < -0.39 is 0 Å². The maximum atomic E-state index is 5.75. The van der Waals surface area contributed by atoms with Gasteiger partial charge in [0, 0.05) is 35.3 Å². The normalized spacial score (nSPS) is 26.9. The third-order valence-electron chi connectivity index (χ3n) is 4.12. The van der Waals surface area contributed by atoms with E-state index in [1.54, 1.807) is 0 Å². The van der Waals surface area contributed by atoms with Gasteiger partial charge in [0.2, 0.25) is 0 Å². The highest BCUT2D eigenvalue weighted by Gasteiger charge is 2.26. The number of ether oxygens (including phenoxy) is 1. The average molecular weight is 339 g/mol. The van der Waals surface area contributed by atoms with Crippen LogP contribution >= 0.6 is 15.9 Å². The van der Waals surface area contributed by atoms with Crippen LogP contribution in [0.4, 0.5) is 5.69 Å². The molecule has 1 heterocycles. The number of hydrogen-bond acceptors (Lipinski definition) is 3. The second-order valence-corrected chi connectivity index (χ2v) is 6.99. The van der Waals surface area contributed by atoms with Crippen molar-refractivity contribution in [1.82, 2.24) is 5.32 Å². The zero-order valence-electron chi connectivity index (χ0n) is 12.2. The minimum absolute atomic E-state index is 0.305. The number of benzene rings is 1. The van der Waals surface area contributed by atoms with Crippen molar-refractivity contribution < 1.29 is 4.74 Å². The molecule has 0 amide bonds. The Kier molecular flexibility index (Phi) is 4.34. The standard InChI is InChI=1S/C16H23BrN2O/c1-11-10-20-12(2)9-19(11)16-6-3-14(17)7-13(16)8-18-15-4-5-15/h3,6-7,11-12,15,18H,4-5,8-10H2,1-2H3. The third kappa shape index (κ3) is 3.35. The average Bonchev–Trinajstić information content (AvgIpc) is 3.24. The predicted octanol–water partition coefficient (Wildman–Crippen LogP) is 3.31.